The zero-order valence-electron chi connectivity index (χ0n) is 18.8. The van der Waals surface area contributed by atoms with E-state index in [0.29, 0.717) is 17.1 Å². The molecule has 0 aliphatic heterocycles. The third-order valence-electron chi connectivity index (χ3n) is 5.07. The number of aliphatic hydroxyl groups is 1. The Kier molecular flexibility index (Phi) is 7.29. The highest BCUT2D eigenvalue weighted by atomic mass is 19.1. The molecule has 172 valence electrons. The number of carbonyl (C=O) groups is 2. The van der Waals surface area contributed by atoms with Crippen molar-refractivity contribution in [3.63, 3.8) is 0 Å². The molecule has 1 unspecified atom stereocenters. The summed E-state index contributed by atoms with van der Waals surface area (Å²) in [6.07, 6.45) is 1.06. The van der Waals surface area contributed by atoms with E-state index < -0.39 is 29.7 Å². The molecule has 0 saturated carbocycles. The molecule has 0 saturated heterocycles. The van der Waals surface area contributed by atoms with Crippen LogP contribution >= 0.6 is 0 Å². The lowest BCUT2D eigenvalue weighted by Crippen LogP contribution is -2.14. The number of ketones is 1. The number of furan rings is 1. The lowest BCUT2D eigenvalue weighted by molar-refractivity contribution is -0.140. The van der Waals surface area contributed by atoms with Crippen molar-refractivity contribution in [2.75, 3.05) is 0 Å². The van der Waals surface area contributed by atoms with Gasteiger partial charge >= 0.3 is 5.97 Å². The number of hydrogen-bond donors (Lipinski definition) is 2. The molecule has 1 aromatic heterocycles. The van der Waals surface area contributed by atoms with Gasteiger partial charge in [-0.3, -0.25) is 9.59 Å². The SMILES string of the molecule is CC(C)(C)c1oc(-c2ccccc2)c(-c2ccc(F)cc2)c1C=CC(O)CC(=O)CC(=O)O. The maximum atomic E-state index is 13.6. The molecule has 0 amide bonds. The molecule has 2 N–H and O–H groups in total. The van der Waals surface area contributed by atoms with Gasteiger partial charge in [0.15, 0.2) is 0 Å². The fraction of sp³-hybridized carbons (Fsp3) is 0.259. The van der Waals surface area contributed by atoms with Gasteiger partial charge in [-0.05, 0) is 17.7 Å². The standard InChI is InChI=1S/C27H27FO5/c1-27(2,3)26-22(14-13-20(29)15-21(30)16-23(31)32)24(17-9-11-19(28)12-10-17)25(33-26)18-7-5-4-6-8-18/h4-14,20,29H,15-16H2,1-3H3,(H,31,32). The van der Waals surface area contributed by atoms with Crippen LogP contribution in [0.15, 0.2) is 65.1 Å². The second-order valence-electron chi connectivity index (χ2n) is 8.91. The third-order valence-corrected chi connectivity index (χ3v) is 5.07. The Hall–Kier alpha value is -3.51. The summed E-state index contributed by atoms with van der Waals surface area (Å²) in [6, 6.07) is 15.6. The first-order chi connectivity index (χ1) is 15.6. The summed E-state index contributed by atoms with van der Waals surface area (Å²) >= 11 is 0. The molecule has 2 aromatic carbocycles. The number of hydrogen-bond acceptors (Lipinski definition) is 4. The Morgan fingerprint density at radius 3 is 2.24 bits per heavy atom. The van der Waals surface area contributed by atoms with Crippen LogP contribution in [0.4, 0.5) is 4.39 Å². The minimum absolute atomic E-state index is 0.303. The van der Waals surface area contributed by atoms with E-state index in [1.165, 1.54) is 18.2 Å². The van der Waals surface area contributed by atoms with Crippen molar-refractivity contribution in [1.29, 1.82) is 0 Å². The molecule has 0 spiro atoms. The Labute approximate surface area is 192 Å². The monoisotopic (exact) mass is 450 g/mol. The Morgan fingerprint density at radius 1 is 1.03 bits per heavy atom. The fourth-order valence-corrected chi connectivity index (χ4v) is 3.61. The van der Waals surface area contributed by atoms with Crippen LogP contribution in [-0.2, 0) is 15.0 Å². The van der Waals surface area contributed by atoms with E-state index in [4.69, 9.17) is 9.52 Å². The van der Waals surface area contributed by atoms with Gasteiger partial charge in [0.05, 0.1) is 6.10 Å². The lowest BCUT2D eigenvalue weighted by Gasteiger charge is -2.17. The molecular formula is C27H27FO5. The molecular weight excluding hydrogens is 423 g/mol. The summed E-state index contributed by atoms with van der Waals surface area (Å²) in [4.78, 5) is 22.5. The zero-order valence-corrected chi connectivity index (χ0v) is 18.8. The van der Waals surface area contributed by atoms with Gasteiger partial charge in [0.25, 0.3) is 0 Å². The minimum Gasteiger partial charge on any atom is -0.481 e. The van der Waals surface area contributed by atoms with Crippen LogP contribution in [-0.4, -0.2) is 28.1 Å². The summed E-state index contributed by atoms with van der Waals surface area (Å²) in [5, 5.41) is 19.1. The molecule has 6 heteroatoms. The first-order valence-corrected chi connectivity index (χ1v) is 10.6. The highest BCUT2D eigenvalue weighted by Crippen LogP contribution is 2.44. The average Bonchev–Trinajstić information content (AvgIpc) is 3.13. The number of halogens is 1. The number of rotatable bonds is 8. The molecule has 0 radical (unpaired) electrons. The number of carbonyl (C=O) groups excluding carboxylic acids is 1. The normalized spacial score (nSPS) is 12.8. The lowest BCUT2D eigenvalue weighted by atomic mass is 9.87. The molecule has 33 heavy (non-hydrogen) atoms. The van der Waals surface area contributed by atoms with Crippen LogP contribution in [0.25, 0.3) is 28.5 Å². The smallest absolute Gasteiger partial charge is 0.310 e. The van der Waals surface area contributed by atoms with E-state index in [1.807, 2.05) is 51.1 Å². The summed E-state index contributed by atoms with van der Waals surface area (Å²) in [5.41, 5.74) is 2.64. The molecule has 0 fully saturated rings. The molecule has 3 aromatic rings. The number of aliphatic carboxylic acids is 1. The fourth-order valence-electron chi connectivity index (χ4n) is 3.61. The second-order valence-corrected chi connectivity index (χ2v) is 8.91. The topological polar surface area (TPSA) is 87.7 Å². The zero-order chi connectivity index (χ0) is 24.2. The van der Waals surface area contributed by atoms with Gasteiger partial charge in [-0.25, -0.2) is 4.39 Å². The number of carboxylic acid groups (broad SMARTS) is 1. The maximum absolute atomic E-state index is 13.6. The van der Waals surface area contributed by atoms with Gasteiger partial charge in [0.1, 0.15) is 29.5 Å². The largest absolute Gasteiger partial charge is 0.481 e. The minimum atomic E-state index is -1.23. The molecule has 0 aliphatic carbocycles. The van der Waals surface area contributed by atoms with Gasteiger partial charge in [0.2, 0.25) is 0 Å². The van der Waals surface area contributed by atoms with E-state index in [2.05, 4.69) is 0 Å². The number of benzene rings is 2. The Balaban J connectivity index is 2.14. The molecule has 0 bridgehead atoms. The van der Waals surface area contributed by atoms with Gasteiger partial charge in [0, 0.05) is 28.5 Å². The van der Waals surface area contributed by atoms with E-state index in [1.54, 1.807) is 18.2 Å². The Morgan fingerprint density at radius 2 is 1.67 bits per heavy atom. The summed E-state index contributed by atoms with van der Waals surface area (Å²) < 4.78 is 20.0. The van der Waals surface area contributed by atoms with Crippen molar-refractivity contribution < 1.29 is 28.6 Å². The number of carboxylic acids is 1. The van der Waals surface area contributed by atoms with Crippen molar-refractivity contribution >= 4 is 17.8 Å². The van der Waals surface area contributed by atoms with Crippen molar-refractivity contribution in [1.82, 2.24) is 0 Å². The van der Waals surface area contributed by atoms with Crippen molar-refractivity contribution in [2.24, 2.45) is 0 Å². The van der Waals surface area contributed by atoms with E-state index in [9.17, 15) is 19.1 Å². The Bertz CT molecular complexity index is 1150. The molecule has 3 rings (SSSR count). The predicted molar refractivity (Wildman–Crippen MR) is 125 cm³/mol. The van der Waals surface area contributed by atoms with Crippen LogP contribution in [0.1, 0.15) is 44.9 Å². The van der Waals surface area contributed by atoms with Crippen LogP contribution in [0, 0.1) is 5.82 Å². The van der Waals surface area contributed by atoms with Crippen molar-refractivity contribution in [3.05, 3.63) is 77.8 Å². The van der Waals surface area contributed by atoms with Crippen LogP contribution in [0.5, 0.6) is 0 Å². The van der Waals surface area contributed by atoms with Crippen LogP contribution in [0.3, 0.4) is 0 Å². The quantitative estimate of drug-likeness (QED) is 0.420. The highest BCUT2D eigenvalue weighted by Gasteiger charge is 2.28. The average molecular weight is 451 g/mol. The molecule has 5 nitrogen and oxygen atoms in total. The first-order valence-electron chi connectivity index (χ1n) is 10.6. The molecule has 0 aliphatic rings. The predicted octanol–water partition coefficient (Wildman–Crippen LogP) is 5.86. The summed E-state index contributed by atoms with van der Waals surface area (Å²) in [6.45, 7) is 6.00. The maximum Gasteiger partial charge on any atom is 0.310 e. The number of aliphatic hydroxyl groups excluding tert-OH is 1. The molecule has 1 heterocycles. The van der Waals surface area contributed by atoms with Crippen LogP contribution < -0.4 is 0 Å². The van der Waals surface area contributed by atoms with Gasteiger partial charge in [-0.2, -0.15) is 0 Å². The highest BCUT2D eigenvalue weighted by molar-refractivity contribution is 5.95. The summed E-state index contributed by atoms with van der Waals surface area (Å²) in [7, 11) is 0. The van der Waals surface area contributed by atoms with Gasteiger partial charge < -0.3 is 14.6 Å². The second kappa shape index (κ2) is 9.96. The van der Waals surface area contributed by atoms with E-state index in [0.717, 1.165) is 16.7 Å². The van der Waals surface area contributed by atoms with Crippen LogP contribution in [0.2, 0.25) is 0 Å². The van der Waals surface area contributed by atoms with Gasteiger partial charge in [-0.1, -0.05) is 75.4 Å². The first kappa shape index (κ1) is 24.1. The molecule has 1 atom stereocenters. The number of Topliss-reactive ketones (excluding diaryl/α,β-unsaturated/α-hetero) is 1. The summed E-state index contributed by atoms with van der Waals surface area (Å²) in [5.74, 6) is -0.869. The van der Waals surface area contributed by atoms with Gasteiger partial charge in [-0.15, -0.1) is 0 Å². The van der Waals surface area contributed by atoms with Crippen molar-refractivity contribution in [2.45, 2.75) is 45.1 Å². The third kappa shape index (κ3) is 6.05. The van der Waals surface area contributed by atoms with E-state index in [-0.39, 0.29) is 12.2 Å². The van der Waals surface area contributed by atoms with Crippen molar-refractivity contribution in [3.8, 4) is 22.5 Å². The van der Waals surface area contributed by atoms with E-state index >= 15 is 0 Å².